The number of aromatic hydroxyl groups is 1. The Hall–Kier alpha value is -1.55. The molecule has 0 saturated heterocycles. The molecule has 18 heavy (non-hydrogen) atoms. The molecule has 2 rings (SSSR count). The van der Waals surface area contributed by atoms with Crippen LogP contribution in [0.5, 0.6) is 5.75 Å². The number of phenols is 1. The maximum Gasteiger partial charge on any atom is 0.239 e. The third-order valence-electron chi connectivity index (χ3n) is 3.31. The molecule has 1 aromatic rings. The molecule has 1 amide bonds. The van der Waals surface area contributed by atoms with Gasteiger partial charge in [0.15, 0.2) is 0 Å². The molecule has 98 valence electrons. The van der Waals surface area contributed by atoms with Crippen molar-refractivity contribution in [2.24, 2.45) is 11.7 Å². The zero-order valence-electron chi connectivity index (χ0n) is 10.7. The molecule has 0 radical (unpaired) electrons. The minimum Gasteiger partial charge on any atom is -0.508 e. The lowest BCUT2D eigenvalue weighted by Gasteiger charge is -2.21. The molecule has 1 aromatic carbocycles. The monoisotopic (exact) mass is 248 g/mol. The van der Waals surface area contributed by atoms with E-state index in [9.17, 15) is 9.90 Å². The first-order valence-corrected chi connectivity index (χ1v) is 6.34. The number of hydrogen-bond donors (Lipinski definition) is 2. The largest absolute Gasteiger partial charge is 0.508 e. The highest BCUT2D eigenvalue weighted by Gasteiger charge is 2.26. The minimum absolute atomic E-state index is 0.00465. The Morgan fingerprint density at radius 1 is 1.44 bits per heavy atom. The second kappa shape index (κ2) is 5.40. The van der Waals surface area contributed by atoms with Crippen molar-refractivity contribution in [2.75, 3.05) is 13.6 Å². The number of likely N-dealkylation sites (N-methyl/N-ethyl adjacent to an activating group) is 1. The zero-order chi connectivity index (χ0) is 13.1. The first-order chi connectivity index (χ1) is 8.56. The van der Waals surface area contributed by atoms with Crippen molar-refractivity contribution in [3.8, 4) is 5.75 Å². The molecule has 1 aliphatic rings. The molecular formula is C14H20N2O2. The number of phenolic OH excluding ortho intramolecular Hbond substituents is 1. The van der Waals surface area contributed by atoms with Crippen molar-refractivity contribution in [3.63, 3.8) is 0 Å². The van der Waals surface area contributed by atoms with Gasteiger partial charge in [0.25, 0.3) is 0 Å². The van der Waals surface area contributed by atoms with E-state index in [1.54, 1.807) is 29.2 Å². The first kappa shape index (κ1) is 12.9. The van der Waals surface area contributed by atoms with Crippen LogP contribution in [0, 0.1) is 5.92 Å². The van der Waals surface area contributed by atoms with E-state index in [4.69, 9.17) is 5.73 Å². The van der Waals surface area contributed by atoms with Crippen LogP contribution in [0.4, 0.5) is 0 Å². The lowest BCUT2D eigenvalue weighted by atomic mass is 10.1. The van der Waals surface area contributed by atoms with E-state index in [0.717, 1.165) is 12.1 Å². The van der Waals surface area contributed by atoms with Crippen LogP contribution in [-0.2, 0) is 11.2 Å². The van der Waals surface area contributed by atoms with Gasteiger partial charge < -0.3 is 15.7 Å². The molecule has 0 bridgehead atoms. The lowest BCUT2D eigenvalue weighted by molar-refractivity contribution is -0.131. The molecule has 0 aliphatic heterocycles. The molecule has 1 atom stereocenters. The number of carbonyl (C=O) groups is 1. The topological polar surface area (TPSA) is 66.6 Å². The highest BCUT2D eigenvalue weighted by molar-refractivity contribution is 5.81. The number of hydrogen-bond acceptors (Lipinski definition) is 3. The standard InChI is InChI=1S/C14H20N2O2/c1-16(9-11-2-3-11)14(18)13(15)8-10-4-6-12(17)7-5-10/h4-7,11,13,17H,2-3,8-9,15H2,1H3. The minimum atomic E-state index is -0.502. The van der Waals surface area contributed by atoms with Gasteiger partial charge in [0.2, 0.25) is 5.91 Å². The van der Waals surface area contributed by atoms with Gasteiger partial charge in [-0.25, -0.2) is 0 Å². The molecule has 1 unspecified atom stereocenters. The van der Waals surface area contributed by atoms with Crippen LogP contribution in [0.25, 0.3) is 0 Å². The second-order valence-electron chi connectivity index (χ2n) is 5.14. The molecule has 1 aliphatic carbocycles. The van der Waals surface area contributed by atoms with Gasteiger partial charge >= 0.3 is 0 Å². The van der Waals surface area contributed by atoms with E-state index in [-0.39, 0.29) is 11.7 Å². The summed E-state index contributed by atoms with van der Waals surface area (Å²) < 4.78 is 0. The molecule has 0 spiro atoms. The van der Waals surface area contributed by atoms with Crippen molar-refractivity contribution in [2.45, 2.75) is 25.3 Å². The number of amides is 1. The van der Waals surface area contributed by atoms with Gasteiger partial charge in [0.1, 0.15) is 5.75 Å². The summed E-state index contributed by atoms with van der Waals surface area (Å²) in [5, 5.41) is 9.19. The van der Waals surface area contributed by atoms with Crippen LogP contribution in [-0.4, -0.2) is 35.5 Å². The van der Waals surface area contributed by atoms with Gasteiger partial charge in [-0.15, -0.1) is 0 Å². The Morgan fingerprint density at radius 2 is 2.06 bits per heavy atom. The Morgan fingerprint density at radius 3 is 2.61 bits per heavy atom. The summed E-state index contributed by atoms with van der Waals surface area (Å²) in [5.41, 5.74) is 6.90. The quantitative estimate of drug-likeness (QED) is 0.821. The number of rotatable bonds is 5. The van der Waals surface area contributed by atoms with Gasteiger partial charge in [0.05, 0.1) is 6.04 Å². The van der Waals surface area contributed by atoms with Crippen molar-refractivity contribution in [1.82, 2.24) is 4.90 Å². The zero-order valence-corrected chi connectivity index (χ0v) is 10.7. The van der Waals surface area contributed by atoms with Crippen LogP contribution in [0.3, 0.4) is 0 Å². The van der Waals surface area contributed by atoms with Gasteiger partial charge in [0, 0.05) is 13.6 Å². The van der Waals surface area contributed by atoms with Gasteiger partial charge in [-0.3, -0.25) is 4.79 Å². The Balaban J connectivity index is 1.87. The summed E-state index contributed by atoms with van der Waals surface area (Å²) in [6, 6.07) is 6.31. The highest BCUT2D eigenvalue weighted by atomic mass is 16.3. The van der Waals surface area contributed by atoms with Crippen molar-refractivity contribution in [3.05, 3.63) is 29.8 Å². The van der Waals surface area contributed by atoms with E-state index in [1.165, 1.54) is 12.8 Å². The van der Waals surface area contributed by atoms with Crippen LogP contribution >= 0.6 is 0 Å². The number of nitrogens with zero attached hydrogens (tertiary/aromatic N) is 1. The van der Waals surface area contributed by atoms with Crippen LogP contribution in [0.15, 0.2) is 24.3 Å². The van der Waals surface area contributed by atoms with Crippen LogP contribution < -0.4 is 5.73 Å². The van der Waals surface area contributed by atoms with Crippen molar-refractivity contribution < 1.29 is 9.90 Å². The van der Waals surface area contributed by atoms with E-state index in [1.807, 2.05) is 7.05 Å². The molecule has 0 heterocycles. The fourth-order valence-electron chi connectivity index (χ4n) is 2.03. The third kappa shape index (κ3) is 3.47. The SMILES string of the molecule is CN(CC1CC1)C(=O)C(N)Cc1ccc(O)cc1. The number of carbonyl (C=O) groups excluding carboxylic acids is 1. The molecule has 3 N–H and O–H groups in total. The van der Waals surface area contributed by atoms with E-state index < -0.39 is 6.04 Å². The molecule has 4 nitrogen and oxygen atoms in total. The Kier molecular flexibility index (Phi) is 3.87. The lowest BCUT2D eigenvalue weighted by Crippen LogP contribution is -2.43. The molecule has 1 saturated carbocycles. The summed E-state index contributed by atoms with van der Waals surface area (Å²) in [6.07, 6.45) is 2.96. The molecule has 1 fully saturated rings. The van der Waals surface area contributed by atoms with Crippen LogP contribution in [0.2, 0.25) is 0 Å². The smallest absolute Gasteiger partial charge is 0.239 e. The average Bonchev–Trinajstić information content (AvgIpc) is 3.15. The molecular weight excluding hydrogens is 228 g/mol. The summed E-state index contributed by atoms with van der Waals surface area (Å²) in [6.45, 7) is 0.822. The third-order valence-corrected chi connectivity index (χ3v) is 3.31. The Bertz CT molecular complexity index is 412. The van der Waals surface area contributed by atoms with Gasteiger partial charge in [-0.05, 0) is 42.9 Å². The fraction of sp³-hybridized carbons (Fsp3) is 0.500. The van der Waals surface area contributed by atoms with E-state index >= 15 is 0 Å². The van der Waals surface area contributed by atoms with Gasteiger partial charge in [-0.1, -0.05) is 12.1 Å². The summed E-state index contributed by atoms with van der Waals surface area (Å²) >= 11 is 0. The summed E-state index contributed by atoms with van der Waals surface area (Å²) in [5.74, 6) is 0.902. The normalized spacial score (nSPS) is 16.3. The van der Waals surface area contributed by atoms with E-state index in [0.29, 0.717) is 12.3 Å². The second-order valence-corrected chi connectivity index (χ2v) is 5.14. The highest BCUT2D eigenvalue weighted by Crippen LogP contribution is 2.29. The van der Waals surface area contributed by atoms with Crippen LogP contribution in [0.1, 0.15) is 18.4 Å². The predicted octanol–water partition coefficient (Wildman–Crippen LogP) is 1.13. The van der Waals surface area contributed by atoms with Crippen molar-refractivity contribution >= 4 is 5.91 Å². The molecule has 0 aromatic heterocycles. The average molecular weight is 248 g/mol. The number of benzene rings is 1. The van der Waals surface area contributed by atoms with Gasteiger partial charge in [-0.2, -0.15) is 0 Å². The van der Waals surface area contributed by atoms with E-state index in [2.05, 4.69) is 0 Å². The Labute approximate surface area is 107 Å². The maximum atomic E-state index is 12.0. The first-order valence-electron chi connectivity index (χ1n) is 6.34. The molecule has 4 heteroatoms. The predicted molar refractivity (Wildman–Crippen MR) is 70.1 cm³/mol. The maximum absolute atomic E-state index is 12.0. The fourth-order valence-corrected chi connectivity index (χ4v) is 2.03. The van der Waals surface area contributed by atoms with Crippen molar-refractivity contribution in [1.29, 1.82) is 0 Å². The summed E-state index contributed by atoms with van der Waals surface area (Å²) in [7, 11) is 1.82. The number of nitrogens with two attached hydrogens (primary N) is 1. The summed E-state index contributed by atoms with van der Waals surface area (Å²) in [4.78, 5) is 13.8.